The molecule has 0 fully saturated rings. The smallest absolute Gasteiger partial charge is 0.233 e. The van der Waals surface area contributed by atoms with Crippen LogP contribution in [0.25, 0.3) is 5.76 Å². The third-order valence-electron chi connectivity index (χ3n) is 1.94. The van der Waals surface area contributed by atoms with Gasteiger partial charge in [0.25, 0.3) is 0 Å². The first kappa shape index (κ1) is 10.7. The SMILES string of the molecule is O=C1C=C(O)c2ccccc2C1=O.[Cu]. The molecule has 0 saturated heterocycles. The van der Waals surface area contributed by atoms with Crippen LogP contribution in [-0.2, 0) is 21.9 Å². The minimum absolute atomic E-state index is 0. The minimum Gasteiger partial charge on any atom is -0.507 e. The van der Waals surface area contributed by atoms with Crippen molar-refractivity contribution in [3.05, 3.63) is 41.5 Å². The molecule has 1 aliphatic carbocycles. The largest absolute Gasteiger partial charge is 0.507 e. The molecule has 1 aromatic rings. The molecule has 0 atom stereocenters. The van der Waals surface area contributed by atoms with Crippen LogP contribution in [0.1, 0.15) is 15.9 Å². The van der Waals surface area contributed by atoms with E-state index >= 15 is 0 Å². The number of rotatable bonds is 0. The summed E-state index contributed by atoms with van der Waals surface area (Å²) in [4.78, 5) is 22.2. The predicted octanol–water partition coefficient (Wildman–Crippen LogP) is 1.35. The number of hydrogen-bond acceptors (Lipinski definition) is 3. The van der Waals surface area contributed by atoms with Crippen LogP contribution in [0, 0.1) is 0 Å². The Morgan fingerprint density at radius 3 is 2.21 bits per heavy atom. The molecule has 0 saturated carbocycles. The third kappa shape index (κ3) is 1.50. The Bertz CT molecular complexity index is 435. The Labute approximate surface area is 90.9 Å². The molecule has 0 aromatic heterocycles. The normalized spacial score (nSPS) is 14.1. The van der Waals surface area contributed by atoms with Crippen LogP contribution < -0.4 is 0 Å². The van der Waals surface area contributed by atoms with Gasteiger partial charge in [-0.25, -0.2) is 0 Å². The van der Waals surface area contributed by atoms with E-state index in [1.165, 1.54) is 6.07 Å². The van der Waals surface area contributed by atoms with E-state index in [0.29, 0.717) is 5.56 Å². The zero-order chi connectivity index (χ0) is 9.42. The van der Waals surface area contributed by atoms with Gasteiger partial charge in [-0.05, 0) is 0 Å². The van der Waals surface area contributed by atoms with Crippen molar-refractivity contribution in [2.45, 2.75) is 0 Å². The molecule has 2 rings (SSSR count). The number of allylic oxidation sites excluding steroid dienone is 1. The topological polar surface area (TPSA) is 54.4 Å². The van der Waals surface area contributed by atoms with Crippen LogP contribution >= 0.6 is 0 Å². The Hall–Kier alpha value is -1.38. The maximum absolute atomic E-state index is 11.3. The number of ketones is 2. The van der Waals surface area contributed by atoms with Gasteiger partial charge in [0.05, 0.1) is 0 Å². The van der Waals surface area contributed by atoms with Crippen LogP contribution in [0.4, 0.5) is 0 Å². The number of hydrogen-bond donors (Lipinski definition) is 1. The first-order valence-corrected chi connectivity index (χ1v) is 3.79. The zero-order valence-electron chi connectivity index (χ0n) is 6.95. The molecule has 0 spiro atoms. The molecular formula is C10H6CuO3. The molecule has 14 heavy (non-hydrogen) atoms. The molecule has 1 aromatic carbocycles. The molecule has 1 aliphatic rings. The van der Waals surface area contributed by atoms with Crippen molar-refractivity contribution in [2.75, 3.05) is 0 Å². The fraction of sp³-hybridized carbons (Fsp3) is 0. The molecule has 75 valence electrons. The second kappa shape index (κ2) is 3.78. The summed E-state index contributed by atoms with van der Waals surface area (Å²) in [6, 6.07) is 6.48. The van der Waals surface area contributed by atoms with Crippen molar-refractivity contribution in [1.82, 2.24) is 0 Å². The molecule has 0 unspecified atom stereocenters. The van der Waals surface area contributed by atoms with E-state index in [1.807, 2.05) is 0 Å². The van der Waals surface area contributed by atoms with E-state index < -0.39 is 11.6 Å². The number of fused-ring (bicyclic) bond motifs is 1. The Kier molecular flexibility index (Phi) is 2.89. The molecule has 0 heterocycles. The molecular weight excluding hydrogens is 232 g/mol. The average molecular weight is 238 g/mol. The van der Waals surface area contributed by atoms with E-state index in [4.69, 9.17) is 0 Å². The van der Waals surface area contributed by atoms with Crippen molar-refractivity contribution in [1.29, 1.82) is 0 Å². The molecule has 3 nitrogen and oxygen atoms in total. The first-order valence-electron chi connectivity index (χ1n) is 3.79. The Balaban J connectivity index is 0.000000980. The van der Waals surface area contributed by atoms with Gasteiger partial charge in [-0.2, -0.15) is 0 Å². The van der Waals surface area contributed by atoms with Crippen LogP contribution in [0.2, 0.25) is 0 Å². The molecule has 0 aliphatic heterocycles. The molecule has 1 N–H and O–H groups in total. The van der Waals surface area contributed by atoms with Gasteiger partial charge in [0, 0.05) is 34.3 Å². The van der Waals surface area contributed by atoms with Gasteiger partial charge in [0.2, 0.25) is 11.6 Å². The van der Waals surface area contributed by atoms with Crippen LogP contribution in [0.3, 0.4) is 0 Å². The fourth-order valence-corrected chi connectivity index (χ4v) is 1.30. The molecule has 4 heteroatoms. The van der Waals surface area contributed by atoms with Gasteiger partial charge in [-0.15, -0.1) is 0 Å². The van der Waals surface area contributed by atoms with Crippen molar-refractivity contribution in [3.8, 4) is 0 Å². The van der Waals surface area contributed by atoms with Crippen LogP contribution in [0.15, 0.2) is 30.3 Å². The average Bonchev–Trinajstić information content (AvgIpc) is 2.15. The summed E-state index contributed by atoms with van der Waals surface area (Å²) >= 11 is 0. The number of aliphatic hydroxyl groups is 1. The van der Waals surface area contributed by atoms with E-state index in [1.54, 1.807) is 18.2 Å². The van der Waals surface area contributed by atoms with Gasteiger partial charge in [0.1, 0.15) is 5.76 Å². The van der Waals surface area contributed by atoms with Gasteiger partial charge >= 0.3 is 0 Å². The van der Waals surface area contributed by atoms with E-state index in [-0.39, 0.29) is 28.4 Å². The standard InChI is InChI=1S/C10H6O3.Cu/c11-8-5-9(12)10(13)7-4-2-1-3-6(7)8;/h1-5,11H;. The molecule has 0 bridgehead atoms. The minimum atomic E-state index is -0.670. The second-order valence-corrected chi connectivity index (χ2v) is 2.77. The summed E-state index contributed by atoms with van der Waals surface area (Å²) in [5, 5.41) is 9.34. The third-order valence-corrected chi connectivity index (χ3v) is 1.94. The number of carbonyl (C=O) groups is 2. The van der Waals surface area contributed by atoms with Crippen LogP contribution in [0.5, 0.6) is 0 Å². The molecule has 1 radical (unpaired) electrons. The van der Waals surface area contributed by atoms with Crippen molar-refractivity contribution < 1.29 is 31.8 Å². The van der Waals surface area contributed by atoms with Gasteiger partial charge in [-0.1, -0.05) is 24.3 Å². The maximum atomic E-state index is 11.3. The van der Waals surface area contributed by atoms with Crippen LogP contribution in [-0.4, -0.2) is 16.7 Å². The van der Waals surface area contributed by atoms with Crippen molar-refractivity contribution in [3.63, 3.8) is 0 Å². The van der Waals surface area contributed by atoms with E-state index in [9.17, 15) is 14.7 Å². The van der Waals surface area contributed by atoms with Gasteiger partial charge in [-0.3, -0.25) is 9.59 Å². The summed E-state index contributed by atoms with van der Waals surface area (Å²) in [6.07, 6.45) is 0.949. The number of Topliss-reactive ketones (excluding diaryl/α,β-unsaturated/α-hetero) is 1. The molecule has 0 amide bonds. The van der Waals surface area contributed by atoms with Crippen molar-refractivity contribution >= 4 is 17.3 Å². The summed E-state index contributed by atoms with van der Waals surface area (Å²) in [7, 11) is 0. The Morgan fingerprint density at radius 2 is 1.57 bits per heavy atom. The number of benzene rings is 1. The zero-order valence-corrected chi connectivity index (χ0v) is 7.89. The predicted molar refractivity (Wildman–Crippen MR) is 46.4 cm³/mol. The van der Waals surface area contributed by atoms with Crippen molar-refractivity contribution in [2.24, 2.45) is 0 Å². The number of aliphatic hydroxyl groups excluding tert-OH is 1. The first-order chi connectivity index (χ1) is 6.20. The maximum Gasteiger partial charge on any atom is 0.233 e. The monoisotopic (exact) mass is 237 g/mol. The summed E-state index contributed by atoms with van der Waals surface area (Å²) in [5.41, 5.74) is 0.694. The van der Waals surface area contributed by atoms with E-state index in [2.05, 4.69) is 0 Å². The fourth-order valence-electron chi connectivity index (χ4n) is 1.30. The number of carbonyl (C=O) groups excluding carboxylic acids is 2. The summed E-state index contributed by atoms with van der Waals surface area (Å²) < 4.78 is 0. The van der Waals surface area contributed by atoms with Gasteiger partial charge < -0.3 is 5.11 Å². The second-order valence-electron chi connectivity index (χ2n) is 2.77. The Morgan fingerprint density at radius 1 is 1.00 bits per heavy atom. The van der Waals surface area contributed by atoms with E-state index in [0.717, 1.165) is 6.08 Å². The van der Waals surface area contributed by atoms with Gasteiger partial charge in [0.15, 0.2) is 0 Å². The summed E-state index contributed by atoms with van der Waals surface area (Å²) in [6.45, 7) is 0. The quantitative estimate of drug-likeness (QED) is 0.547. The summed E-state index contributed by atoms with van der Waals surface area (Å²) in [5.74, 6) is -1.37.